The number of aromatic nitrogens is 3. The van der Waals surface area contributed by atoms with Crippen molar-refractivity contribution in [2.75, 3.05) is 6.54 Å². The molecule has 120 valence electrons. The monoisotopic (exact) mass is 380 g/mol. The number of pyridine rings is 1. The largest absolute Gasteiger partial charge is 0.293 e. The first kappa shape index (κ1) is 15.4. The van der Waals surface area contributed by atoms with Crippen molar-refractivity contribution < 1.29 is 0 Å². The molecule has 5 heteroatoms. The standard InChI is InChI=1S/C19H17BrN4/c20-16-6-7-17(21-11-16)13-24-9-8-18-15(12-24)10-22-19(23-18)14-4-2-1-3-5-14/h1-7,10-11H,8-9,12-13H2. The predicted octanol–water partition coefficient (Wildman–Crippen LogP) is 3.86. The number of hydrogen-bond acceptors (Lipinski definition) is 4. The van der Waals surface area contributed by atoms with Gasteiger partial charge < -0.3 is 0 Å². The molecule has 4 rings (SSSR count). The summed E-state index contributed by atoms with van der Waals surface area (Å²) in [5.41, 5.74) is 4.55. The quantitative estimate of drug-likeness (QED) is 0.691. The first-order valence-electron chi connectivity index (χ1n) is 8.01. The topological polar surface area (TPSA) is 41.9 Å². The third-order valence-corrected chi connectivity index (χ3v) is 4.69. The van der Waals surface area contributed by atoms with Crippen LogP contribution in [-0.2, 0) is 19.5 Å². The zero-order chi connectivity index (χ0) is 16.4. The van der Waals surface area contributed by atoms with E-state index in [1.54, 1.807) is 0 Å². The Kier molecular flexibility index (Phi) is 4.36. The van der Waals surface area contributed by atoms with Crippen molar-refractivity contribution in [3.05, 3.63) is 76.3 Å². The lowest BCUT2D eigenvalue weighted by Gasteiger charge is -2.27. The average molecular weight is 381 g/mol. The first-order valence-corrected chi connectivity index (χ1v) is 8.80. The summed E-state index contributed by atoms with van der Waals surface area (Å²) in [4.78, 5) is 16.2. The SMILES string of the molecule is Brc1ccc(CN2CCc3nc(-c4ccccc4)ncc3C2)nc1. The Labute approximate surface area is 149 Å². The van der Waals surface area contributed by atoms with Crippen LogP contribution in [0.4, 0.5) is 0 Å². The molecule has 0 atom stereocenters. The summed E-state index contributed by atoms with van der Waals surface area (Å²) >= 11 is 3.43. The summed E-state index contributed by atoms with van der Waals surface area (Å²) < 4.78 is 1.01. The molecule has 0 saturated carbocycles. The summed E-state index contributed by atoms with van der Waals surface area (Å²) in [6.45, 7) is 2.73. The van der Waals surface area contributed by atoms with Gasteiger partial charge in [0, 0.05) is 54.0 Å². The number of hydrogen-bond donors (Lipinski definition) is 0. The van der Waals surface area contributed by atoms with E-state index in [4.69, 9.17) is 4.98 Å². The highest BCUT2D eigenvalue weighted by Crippen LogP contribution is 2.22. The lowest BCUT2D eigenvalue weighted by atomic mass is 10.1. The Bertz CT molecular complexity index is 834. The van der Waals surface area contributed by atoms with Gasteiger partial charge >= 0.3 is 0 Å². The van der Waals surface area contributed by atoms with Gasteiger partial charge in [-0.1, -0.05) is 30.3 Å². The molecule has 0 fully saturated rings. The van der Waals surface area contributed by atoms with Gasteiger partial charge in [0.05, 0.1) is 11.4 Å². The van der Waals surface area contributed by atoms with Crippen molar-refractivity contribution in [2.24, 2.45) is 0 Å². The van der Waals surface area contributed by atoms with E-state index >= 15 is 0 Å². The molecule has 0 N–H and O–H groups in total. The zero-order valence-corrected chi connectivity index (χ0v) is 14.8. The molecule has 0 aliphatic carbocycles. The summed E-state index contributed by atoms with van der Waals surface area (Å²) in [6, 6.07) is 14.3. The van der Waals surface area contributed by atoms with Crippen molar-refractivity contribution >= 4 is 15.9 Å². The third-order valence-electron chi connectivity index (χ3n) is 4.22. The van der Waals surface area contributed by atoms with Crippen LogP contribution in [0, 0.1) is 0 Å². The molecule has 0 unspecified atom stereocenters. The van der Waals surface area contributed by atoms with Crippen LogP contribution in [0.25, 0.3) is 11.4 Å². The molecule has 0 amide bonds. The maximum Gasteiger partial charge on any atom is 0.159 e. The molecular weight excluding hydrogens is 364 g/mol. The van der Waals surface area contributed by atoms with Crippen molar-refractivity contribution in [3.63, 3.8) is 0 Å². The van der Waals surface area contributed by atoms with Crippen LogP contribution in [0.3, 0.4) is 0 Å². The summed E-state index contributed by atoms with van der Waals surface area (Å²) in [5.74, 6) is 0.817. The molecule has 0 saturated heterocycles. The van der Waals surface area contributed by atoms with E-state index in [0.29, 0.717) is 0 Å². The normalized spacial score (nSPS) is 14.4. The van der Waals surface area contributed by atoms with E-state index in [-0.39, 0.29) is 0 Å². The number of rotatable bonds is 3. The zero-order valence-electron chi connectivity index (χ0n) is 13.2. The van der Waals surface area contributed by atoms with E-state index in [9.17, 15) is 0 Å². The van der Waals surface area contributed by atoms with Crippen molar-refractivity contribution in [1.82, 2.24) is 19.9 Å². The van der Waals surface area contributed by atoms with E-state index in [0.717, 1.165) is 47.6 Å². The highest BCUT2D eigenvalue weighted by Gasteiger charge is 2.19. The van der Waals surface area contributed by atoms with Crippen molar-refractivity contribution in [2.45, 2.75) is 19.5 Å². The fourth-order valence-corrected chi connectivity index (χ4v) is 3.20. The molecule has 3 heterocycles. The molecule has 0 bridgehead atoms. The molecule has 1 aliphatic rings. The van der Waals surface area contributed by atoms with Crippen LogP contribution in [0.5, 0.6) is 0 Å². The molecule has 1 aliphatic heterocycles. The van der Waals surface area contributed by atoms with Gasteiger partial charge in [0.25, 0.3) is 0 Å². The summed E-state index contributed by atoms with van der Waals surface area (Å²) in [5, 5.41) is 0. The third kappa shape index (κ3) is 3.37. The lowest BCUT2D eigenvalue weighted by Crippen LogP contribution is -2.31. The van der Waals surface area contributed by atoms with Gasteiger partial charge in [-0.25, -0.2) is 9.97 Å². The van der Waals surface area contributed by atoms with Gasteiger partial charge in [0.15, 0.2) is 5.82 Å². The minimum absolute atomic E-state index is 0.817. The van der Waals surface area contributed by atoms with Crippen molar-refractivity contribution in [1.29, 1.82) is 0 Å². The Hall–Kier alpha value is -2.11. The minimum Gasteiger partial charge on any atom is -0.293 e. The molecule has 0 radical (unpaired) electrons. The van der Waals surface area contributed by atoms with Gasteiger partial charge in [-0.15, -0.1) is 0 Å². The minimum atomic E-state index is 0.817. The number of halogens is 1. The van der Waals surface area contributed by atoms with Gasteiger partial charge in [0.2, 0.25) is 0 Å². The summed E-state index contributed by atoms with van der Waals surface area (Å²) in [6.07, 6.45) is 4.78. The fourth-order valence-electron chi connectivity index (χ4n) is 2.96. The highest BCUT2D eigenvalue weighted by atomic mass is 79.9. The van der Waals surface area contributed by atoms with Gasteiger partial charge in [-0.05, 0) is 28.1 Å². The molecule has 3 aromatic rings. The van der Waals surface area contributed by atoms with E-state index in [1.807, 2.05) is 36.7 Å². The average Bonchev–Trinajstić information content (AvgIpc) is 2.64. The van der Waals surface area contributed by atoms with Crippen LogP contribution in [0.1, 0.15) is 17.0 Å². The van der Waals surface area contributed by atoms with Gasteiger partial charge in [0.1, 0.15) is 0 Å². The smallest absolute Gasteiger partial charge is 0.159 e. The van der Waals surface area contributed by atoms with Crippen LogP contribution in [0.15, 0.2) is 59.3 Å². The fraction of sp³-hybridized carbons (Fsp3) is 0.211. The predicted molar refractivity (Wildman–Crippen MR) is 97.2 cm³/mol. The summed E-state index contributed by atoms with van der Waals surface area (Å²) in [7, 11) is 0. The lowest BCUT2D eigenvalue weighted by molar-refractivity contribution is 0.240. The van der Waals surface area contributed by atoms with E-state index in [1.165, 1.54) is 11.3 Å². The van der Waals surface area contributed by atoms with Gasteiger partial charge in [-0.2, -0.15) is 0 Å². The van der Waals surface area contributed by atoms with Crippen LogP contribution in [-0.4, -0.2) is 26.4 Å². The van der Waals surface area contributed by atoms with Crippen LogP contribution >= 0.6 is 15.9 Å². The highest BCUT2D eigenvalue weighted by molar-refractivity contribution is 9.10. The first-order chi connectivity index (χ1) is 11.8. The van der Waals surface area contributed by atoms with E-state index in [2.05, 4.69) is 49.0 Å². The Morgan fingerprint density at radius 1 is 1.00 bits per heavy atom. The Morgan fingerprint density at radius 2 is 1.88 bits per heavy atom. The molecular formula is C19H17BrN4. The maximum atomic E-state index is 4.78. The van der Waals surface area contributed by atoms with E-state index < -0.39 is 0 Å². The molecule has 1 aromatic carbocycles. The second kappa shape index (κ2) is 6.79. The Morgan fingerprint density at radius 3 is 2.67 bits per heavy atom. The molecule has 0 spiro atoms. The molecule has 4 nitrogen and oxygen atoms in total. The molecule has 2 aromatic heterocycles. The number of nitrogens with zero attached hydrogens (tertiary/aromatic N) is 4. The second-order valence-electron chi connectivity index (χ2n) is 5.96. The van der Waals surface area contributed by atoms with Crippen LogP contribution in [0.2, 0.25) is 0 Å². The van der Waals surface area contributed by atoms with Crippen LogP contribution < -0.4 is 0 Å². The number of benzene rings is 1. The van der Waals surface area contributed by atoms with Gasteiger partial charge in [-0.3, -0.25) is 9.88 Å². The Balaban J connectivity index is 1.50. The van der Waals surface area contributed by atoms with Crippen molar-refractivity contribution in [3.8, 4) is 11.4 Å². The second-order valence-corrected chi connectivity index (χ2v) is 6.88. The molecule has 24 heavy (non-hydrogen) atoms. The number of fused-ring (bicyclic) bond motifs is 1. The maximum absolute atomic E-state index is 4.78.